The summed E-state index contributed by atoms with van der Waals surface area (Å²) < 4.78 is 6.01. The third-order valence-electron chi connectivity index (χ3n) is 8.89. The van der Waals surface area contributed by atoms with Gasteiger partial charge in [-0.1, -0.05) is 138 Å². The molecule has 3 unspecified atom stereocenters. The van der Waals surface area contributed by atoms with Gasteiger partial charge in [0.25, 0.3) is 0 Å². The molecule has 42 heavy (non-hydrogen) atoms. The predicted octanol–water partition coefficient (Wildman–Crippen LogP) is 10.3. The lowest BCUT2D eigenvalue weighted by molar-refractivity contribution is -0.146. The summed E-state index contributed by atoms with van der Waals surface area (Å²) >= 11 is 0. The fourth-order valence-corrected chi connectivity index (χ4v) is 6.49. The van der Waals surface area contributed by atoms with Gasteiger partial charge in [-0.25, -0.2) is 4.79 Å². The fourth-order valence-electron chi connectivity index (χ4n) is 6.49. The number of benzene rings is 3. The standard InChI is InChI=1S/C38H48O4/c1-3-5-6-7-8-9-10-11-17-28(16-4-2)29-22-24-31(25-23-29)32-19-14-15-21-34(32)38(41)42-36-33-20-13-12-18-30(33)26-27-35(36)37(39)40/h12-15,18-25,28,35-36H,3-11,16-17,26-27H2,1-2H3,(H,39,40). The predicted molar refractivity (Wildman–Crippen MR) is 171 cm³/mol. The third kappa shape index (κ3) is 8.33. The summed E-state index contributed by atoms with van der Waals surface area (Å²) in [5, 5.41) is 9.89. The molecule has 0 saturated heterocycles. The molecule has 0 aliphatic heterocycles. The first kappa shape index (κ1) is 31.5. The molecule has 4 nitrogen and oxygen atoms in total. The molecule has 0 spiro atoms. The maximum atomic E-state index is 13.6. The molecule has 1 aliphatic carbocycles. The van der Waals surface area contributed by atoms with E-state index >= 15 is 0 Å². The van der Waals surface area contributed by atoms with Crippen LogP contribution in [0.5, 0.6) is 0 Å². The zero-order valence-corrected chi connectivity index (χ0v) is 25.5. The number of carboxylic acids is 1. The smallest absolute Gasteiger partial charge is 0.339 e. The van der Waals surface area contributed by atoms with E-state index in [4.69, 9.17) is 4.74 Å². The van der Waals surface area contributed by atoms with Crippen LogP contribution in [0.3, 0.4) is 0 Å². The number of hydrogen-bond acceptors (Lipinski definition) is 3. The Morgan fingerprint density at radius 1 is 0.786 bits per heavy atom. The maximum Gasteiger partial charge on any atom is 0.339 e. The van der Waals surface area contributed by atoms with Gasteiger partial charge in [0.15, 0.2) is 0 Å². The molecule has 0 saturated carbocycles. The van der Waals surface area contributed by atoms with E-state index in [1.54, 1.807) is 6.07 Å². The molecule has 3 aromatic carbocycles. The molecule has 4 rings (SSSR count). The Kier molecular flexibility index (Phi) is 12.2. The van der Waals surface area contributed by atoms with Crippen molar-refractivity contribution in [2.24, 2.45) is 5.92 Å². The number of ether oxygens (including phenoxy) is 1. The molecule has 0 fully saturated rings. The number of fused-ring (bicyclic) bond motifs is 1. The van der Waals surface area contributed by atoms with Gasteiger partial charge >= 0.3 is 11.9 Å². The summed E-state index contributed by atoms with van der Waals surface area (Å²) in [6.07, 6.45) is 14.6. The SMILES string of the molecule is CCCCCCCCCCC(CCC)c1ccc(-c2ccccc2C(=O)OC2c3ccccc3CCC2C(=O)O)cc1. The van der Waals surface area contributed by atoms with Crippen LogP contribution in [0.15, 0.2) is 72.8 Å². The van der Waals surface area contributed by atoms with E-state index in [1.807, 2.05) is 42.5 Å². The average Bonchev–Trinajstić information content (AvgIpc) is 3.02. The van der Waals surface area contributed by atoms with Crippen molar-refractivity contribution in [1.29, 1.82) is 0 Å². The number of rotatable bonds is 16. The van der Waals surface area contributed by atoms with E-state index in [-0.39, 0.29) is 0 Å². The van der Waals surface area contributed by atoms with Crippen LogP contribution >= 0.6 is 0 Å². The molecule has 224 valence electrons. The van der Waals surface area contributed by atoms with Crippen LogP contribution in [0.4, 0.5) is 0 Å². The second kappa shape index (κ2) is 16.3. The van der Waals surface area contributed by atoms with Gasteiger partial charge in [-0.05, 0) is 65.5 Å². The van der Waals surface area contributed by atoms with Gasteiger partial charge in [0.05, 0.1) is 11.5 Å². The van der Waals surface area contributed by atoms with E-state index < -0.39 is 24.0 Å². The quantitative estimate of drug-likeness (QED) is 0.138. The highest BCUT2D eigenvalue weighted by molar-refractivity contribution is 5.97. The molecule has 0 amide bonds. The van der Waals surface area contributed by atoms with Crippen molar-refractivity contribution in [3.8, 4) is 11.1 Å². The van der Waals surface area contributed by atoms with E-state index in [0.717, 1.165) is 22.3 Å². The van der Waals surface area contributed by atoms with E-state index in [0.29, 0.717) is 24.3 Å². The molecule has 4 heteroatoms. The number of aryl methyl sites for hydroxylation is 1. The molecule has 3 atom stereocenters. The molecule has 1 aliphatic rings. The third-order valence-corrected chi connectivity index (χ3v) is 8.89. The molecule has 0 bridgehead atoms. The molecule has 3 aromatic rings. The second-order valence-corrected chi connectivity index (χ2v) is 11.9. The van der Waals surface area contributed by atoms with Gasteiger partial charge < -0.3 is 9.84 Å². The highest BCUT2D eigenvalue weighted by atomic mass is 16.5. The van der Waals surface area contributed by atoms with Crippen molar-refractivity contribution in [3.63, 3.8) is 0 Å². The van der Waals surface area contributed by atoms with Crippen molar-refractivity contribution >= 4 is 11.9 Å². The highest BCUT2D eigenvalue weighted by Gasteiger charge is 2.37. The zero-order valence-electron chi connectivity index (χ0n) is 25.5. The number of carbonyl (C=O) groups excluding carboxylic acids is 1. The van der Waals surface area contributed by atoms with Crippen LogP contribution in [0.2, 0.25) is 0 Å². The van der Waals surface area contributed by atoms with Crippen LogP contribution in [0.1, 0.15) is 130 Å². The van der Waals surface area contributed by atoms with Crippen molar-refractivity contribution < 1.29 is 19.4 Å². The summed E-state index contributed by atoms with van der Waals surface area (Å²) in [6.45, 7) is 4.53. The Hall–Kier alpha value is -3.40. The number of hydrogen-bond donors (Lipinski definition) is 1. The number of unbranched alkanes of at least 4 members (excludes halogenated alkanes) is 7. The van der Waals surface area contributed by atoms with Gasteiger partial charge in [-0.15, -0.1) is 0 Å². The van der Waals surface area contributed by atoms with Crippen molar-refractivity contribution in [3.05, 3.63) is 95.1 Å². The molecule has 0 heterocycles. The fraction of sp³-hybridized carbons (Fsp3) is 0.474. The Morgan fingerprint density at radius 3 is 2.17 bits per heavy atom. The molecule has 0 aromatic heterocycles. The first-order chi connectivity index (χ1) is 20.5. The first-order valence-electron chi connectivity index (χ1n) is 16.2. The van der Waals surface area contributed by atoms with Crippen LogP contribution in [-0.4, -0.2) is 17.0 Å². The average molecular weight is 569 g/mol. The number of carboxylic acid groups (broad SMARTS) is 1. The zero-order chi connectivity index (χ0) is 29.7. The van der Waals surface area contributed by atoms with Gasteiger partial charge in [-0.3, -0.25) is 4.79 Å². The van der Waals surface area contributed by atoms with E-state index in [1.165, 1.54) is 76.2 Å². The molecular weight excluding hydrogens is 520 g/mol. The van der Waals surface area contributed by atoms with Crippen molar-refractivity contribution in [1.82, 2.24) is 0 Å². The number of esters is 1. The lowest BCUT2D eigenvalue weighted by atomic mass is 9.81. The maximum absolute atomic E-state index is 13.6. The Balaban J connectivity index is 1.44. The van der Waals surface area contributed by atoms with Gasteiger partial charge in [0.2, 0.25) is 0 Å². The lowest BCUT2D eigenvalue weighted by Gasteiger charge is -2.30. The summed E-state index contributed by atoms with van der Waals surface area (Å²) in [6, 6.07) is 23.9. The molecular formula is C38H48O4. The summed E-state index contributed by atoms with van der Waals surface area (Å²) in [5.41, 5.74) is 5.44. The van der Waals surface area contributed by atoms with Crippen LogP contribution in [-0.2, 0) is 16.0 Å². The summed E-state index contributed by atoms with van der Waals surface area (Å²) in [4.78, 5) is 25.6. The number of aliphatic carboxylic acids is 1. The first-order valence-corrected chi connectivity index (χ1v) is 16.2. The molecule has 0 radical (unpaired) electrons. The highest BCUT2D eigenvalue weighted by Crippen LogP contribution is 2.39. The van der Waals surface area contributed by atoms with Gasteiger partial charge in [0, 0.05) is 0 Å². The summed E-state index contributed by atoms with van der Waals surface area (Å²) in [5.74, 6) is -1.61. The van der Waals surface area contributed by atoms with Crippen LogP contribution in [0.25, 0.3) is 11.1 Å². The Bertz CT molecular complexity index is 1280. The topological polar surface area (TPSA) is 63.6 Å². The Labute approximate surface area is 252 Å². The minimum atomic E-state index is -0.931. The van der Waals surface area contributed by atoms with Crippen LogP contribution < -0.4 is 0 Å². The molecule has 1 N–H and O–H groups in total. The number of carbonyl (C=O) groups is 2. The minimum Gasteiger partial charge on any atom is -0.481 e. The largest absolute Gasteiger partial charge is 0.481 e. The van der Waals surface area contributed by atoms with Gasteiger partial charge in [0.1, 0.15) is 6.10 Å². The van der Waals surface area contributed by atoms with Crippen LogP contribution in [0, 0.1) is 5.92 Å². The van der Waals surface area contributed by atoms with E-state index in [9.17, 15) is 14.7 Å². The van der Waals surface area contributed by atoms with E-state index in [2.05, 4.69) is 38.1 Å². The summed E-state index contributed by atoms with van der Waals surface area (Å²) in [7, 11) is 0. The monoisotopic (exact) mass is 568 g/mol. The van der Waals surface area contributed by atoms with Crippen molar-refractivity contribution in [2.45, 2.75) is 109 Å². The van der Waals surface area contributed by atoms with Gasteiger partial charge in [-0.2, -0.15) is 0 Å². The normalized spacial score (nSPS) is 16.9. The second-order valence-electron chi connectivity index (χ2n) is 11.9. The minimum absolute atomic E-state index is 0.450. The Morgan fingerprint density at radius 2 is 1.45 bits per heavy atom. The lowest BCUT2D eigenvalue weighted by Crippen LogP contribution is -2.30. The van der Waals surface area contributed by atoms with Crippen molar-refractivity contribution in [2.75, 3.05) is 0 Å².